The third-order valence-corrected chi connectivity index (χ3v) is 4.87. The van der Waals surface area contributed by atoms with Crippen molar-refractivity contribution in [1.29, 1.82) is 0 Å². The van der Waals surface area contributed by atoms with E-state index >= 15 is 0 Å². The first kappa shape index (κ1) is 21.1. The van der Waals surface area contributed by atoms with Gasteiger partial charge in [0.15, 0.2) is 0 Å². The number of para-hydroxylation sites is 1. The van der Waals surface area contributed by atoms with Crippen LogP contribution in [0.3, 0.4) is 0 Å². The van der Waals surface area contributed by atoms with Crippen molar-refractivity contribution in [2.45, 2.75) is 38.5 Å². The number of carboxylic acids is 1. The first-order valence-electron chi connectivity index (χ1n) is 10.2. The Morgan fingerprint density at radius 2 is 1.57 bits per heavy atom. The Labute approximate surface area is 176 Å². The zero-order valence-corrected chi connectivity index (χ0v) is 16.9. The first-order valence-corrected chi connectivity index (χ1v) is 10.2. The van der Waals surface area contributed by atoms with Crippen LogP contribution in [0.15, 0.2) is 66.7 Å². The van der Waals surface area contributed by atoms with Gasteiger partial charge < -0.3 is 10.4 Å². The summed E-state index contributed by atoms with van der Waals surface area (Å²) in [5.41, 5.74) is 1.49. The van der Waals surface area contributed by atoms with Crippen LogP contribution in [0, 0.1) is 11.8 Å². The number of rotatable bonds is 8. The first-order chi connectivity index (χ1) is 14.6. The van der Waals surface area contributed by atoms with Crippen LogP contribution in [-0.4, -0.2) is 17.0 Å². The Morgan fingerprint density at radius 3 is 2.40 bits per heavy atom. The highest BCUT2D eigenvalue weighted by Gasteiger charge is 2.11. The van der Waals surface area contributed by atoms with Crippen LogP contribution in [0.25, 0.3) is 10.8 Å². The van der Waals surface area contributed by atoms with Crippen LogP contribution in [0.1, 0.15) is 54.4 Å². The Bertz CT molecular complexity index is 1090. The van der Waals surface area contributed by atoms with Crippen molar-refractivity contribution >= 4 is 28.3 Å². The Morgan fingerprint density at radius 1 is 0.833 bits per heavy atom. The Balaban J connectivity index is 1.33. The molecule has 30 heavy (non-hydrogen) atoms. The predicted molar refractivity (Wildman–Crippen MR) is 121 cm³/mol. The van der Waals surface area contributed by atoms with Gasteiger partial charge in [0.2, 0.25) is 5.91 Å². The van der Waals surface area contributed by atoms with E-state index in [1.165, 1.54) is 16.8 Å². The van der Waals surface area contributed by atoms with Gasteiger partial charge in [-0.2, -0.15) is 0 Å². The van der Waals surface area contributed by atoms with Crippen molar-refractivity contribution in [2.24, 2.45) is 0 Å². The summed E-state index contributed by atoms with van der Waals surface area (Å²) in [4.78, 5) is 23.2. The fourth-order valence-electron chi connectivity index (χ4n) is 3.28. The molecule has 0 atom stereocenters. The molecule has 2 N–H and O–H groups in total. The van der Waals surface area contributed by atoms with Crippen LogP contribution < -0.4 is 5.32 Å². The summed E-state index contributed by atoms with van der Waals surface area (Å²) < 4.78 is 0. The monoisotopic (exact) mass is 399 g/mol. The van der Waals surface area contributed by atoms with Gasteiger partial charge in [0, 0.05) is 18.4 Å². The minimum atomic E-state index is -1.05. The van der Waals surface area contributed by atoms with Gasteiger partial charge in [-0.15, -0.1) is 0 Å². The van der Waals surface area contributed by atoms with Gasteiger partial charge in [-0.3, -0.25) is 4.79 Å². The third-order valence-electron chi connectivity index (χ3n) is 4.87. The molecule has 0 saturated heterocycles. The molecule has 0 aliphatic carbocycles. The Kier molecular flexibility index (Phi) is 7.63. The molecule has 0 heterocycles. The summed E-state index contributed by atoms with van der Waals surface area (Å²) in [6, 6.07) is 21.0. The molecule has 0 aliphatic rings. The average molecular weight is 399 g/mol. The largest absolute Gasteiger partial charge is 0.478 e. The molecule has 3 aromatic carbocycles. The van der Waals surface area contributed by atoms with E-state index in [-0.39, 0.29) is 11.5 Å². The van der Waals surface area contributed by atoms with Crippen molar-refractivity contribution in [3.63, 3.8) is 0 Å². The topological polar surface area (TPSA) is 66.4 Å². The lowest BCUT2D eigenvalue weighted by Gasteiger charge is -2.08. The molecule has 4 nitrogen and oxygen atoms in total. The lowest BCUT2D eigenvalue weighted by molar-refractivity contribution is -0.116. The molecule has 0 saturated carbocycles. The van der Waals surface area contributed by atoms with Crippen LogP contribution in [0.2, 0.25) is 0 Å². The number of anilines is 1. The van der Waals surface area contributed by atoms with Gasteiger partial charge in [0.05, 0.1) is 11.3 Å². The highest BCUT2D eigenvalue weighted by Crippen LogP contribution is 2.16. The molecule has 0 unspecified atom stereocenters. The van der Waals surface area contributed by atoms with E-state index in [1.807, 2.05) is 12.1 Å². The third kappa shape index (κ3) is 6.22. The number of nitrogens with one attached hydrogen (secondary N) is 1. The van der Waals surface area contributed by atoms with E-state index in [0.29, 0.717) is 12.1 Å². The molecule has 3 aromatic rings. The minimum Gasteiger partial charge on any atom is -0.478 e. The number of fused-ring (bicyclic) bond motifs is 1. The number of hydrogen-bond acceptors (Lipinski definition) is 2. The van der Waals surface area contributed by atoms with Gasteiger partial charge in [-0.05, 0) is 47.9 Å². The fourth-order valence-corrected chi connectivity index (χ4v) is 3.28. The van der Waals surface area contributed by atoms with Crippen molar-refractivity contribution in [2.75, 3.05) is 5.32 Å². The molecule has 4 heteroatoms. The predicted octanol–water partition coefficient (Wildman–Crippen LogP) is 5.87. The van der Waals surface area contributed by atoms with Crippen molar-refractivity contribution in [3.8, 4) is 11.8 Å². The van der Waals surface area contributed by atoms with Crippen LogP contribution >= 0.6 is 0 Å². The summed E-state index contributed by atoms with van der Waals surface area (Å²) in [6.45, 7) is 0. The highest BCUT2D eigenvalue weighted by molar-refractivity contribution is 6.00. The number of carbonyl (C=O) groups is 2. The molecule has 0 aromatic heterocycles. The van der Waals surface area contributed by atoms with E-state index in [9.17, 15) is 9.59 Å². The number of benzene rings is 3. The molecular formula is C26H25NO3. The summed E-state index contributed by atoms with van der Waals surface area (Å²) in [5.74, 6) is 5.26. The van der Waals surface area contributed by atoms with Gasteiger partial charge in [0.25, 0.3) is 0 Å². The molecule has 0 spiro atoms. The number of carboxylic acid groups (broad SMARTS) is 1. The van der Waals surface area contributed by atoms with Gasteiger partial charge >= 0.3 is 5.97 Å². The van der Waals surface area contributed by atoms with E-state index in [1.54, 1.807) is 18.2 Å². The Hall–Kier alpha value is -3.58. The van der Waals surface area contributed by atoms with Gasteiger partial charge in [-0.1, -0.05) is 67.1 Å². The van der Waals surface area contributed by atoms with E-state index in [0.717, 1.165) is 37.7 Å². The summed E-state index contributed by atoms with van der Waals surface area (Å²) in [6.07, 6.45) is 4.97. The molecule has 0 radical (unpaired) electrons. The average Bonchev–Trinajstić information content (AvgIpc) is 2.75. The second-order valence-electron chi connectivity index (χ2n) is 7.18. The number of amides is 1. The SMILES string of the molecule is O=C(CCCCCCC#Cc1ccc2ccccc2c1)Nc1ccccc1C(=O)O. The zero-order valence-electron chi connectivity index (χ0n) is 16.9. The maximum Gasteiger partial charge on any atom is 0.337 e. The number of unbranched alkanes of at least 4 members (excludes halogenated alkanes) is 4. The van der Waals surface area contributed by atoms with Crippen molar-refractivity contribution < 1.29 is 14.7 Å². The molecule has 0 bridgehead atoms. The molecule has 0 aliphatic heterocycles. The number of carbonyl (C=O) groups excluding carboxylic acids is 1. The second-order valence-corrected chi connectivity index (χ2v) is 7.18. The van der Waals surface area contributed by atoms with Crippen LogP contribution in [0.5, 0.6) is 0 Å². The lowest BCUT2D eigenvalue weighted by atomic mass is 10.1. The minimum absolute atomic E-state index is 0.107. The van der Waals surface area contributed by atoms with Gasteiger partial charge in [0.1, 0.15) is 0 Å². The zero-order chi connectivity index (χ0) is 21.2. The molecule has 3 rings (SSSR count). The fraction of sp³-hybridized carbons (Fsp3) is 0.231. The number of hydrogen-bond donors (Lipinski definition) is 2. The quantitative estimate of drug-likeness (QED) is 0.368. The highest BCUT2D eigenvalue weighted by atomic mass is 16.4. The second kappa shape index (κ2) is 10.8. The normalized spacial score (nSPS) is 10.3. The van der Waals surface area contributed by atoms with Crippen LogP contribution in [0.4, 0.5) is 5.69 Å². The lowest BCUT2D eigenvalue weighted by Crippen LogP contribution is -2.14. The van der Waals surface area contributed by atoms with E-state index in [4.69, 9.17) is 5.11 Å². The summed E-state index contributed by atoms with van der Waals surface area (Å²) in [7, 11) is 0. The number of aromatic carboxylic acids is 1. The van der Waals surface area contributed by atoms with Crippen molar-refractivity contribution in [1.82, 2.24) is 0 Å². The summed E-state index contributed by atoms with van der Waals surface area (Å²) >= 11 is 0. The van der Waals surface area contributed by atoms with Crippen LogP contribution in [-0.2, 0) is 4.79 Å². The van der Waals surface area contributed by atoms with E-state index in [2.05, 4.69) is 47.5 Å². The molecule has 0 fully saturated rings. The van der Waals surface area contributed by atoms with E-state index < -0.39 is 5.97 Å². The molecule has 152 valence electrons. The maximum absolute atomic E-state index is 12.0. The molecule has 1 amide bonds. The molecular weight excluding hydrogens is 374 g/mol. The summed E-state index contributed by atoms with van der Waals surface area (Å²) in [5, 5.41) is 14.3. The van der Waals surface area contributed by atoms with Crippen molar-refractivity contribution in [3.05, 3.63) is 77.9 Å². The standard InChI is InChI=1S/C26H25NO3/c28-25(27-24-15-10-9-14-23(24)26(29)30)16-6-4-2-1-3-5-11-20-17-18-21-12-7-8-13-22(21)19-20/h7-10,12-15,17-19H,1-4,6,16H2,(H,27,28)(H,29,30). The smallest absolute Gasteiger partial charge is 0.337 e. The van der Waals surface area contributed by atoms with Gasteiger partial charge in [-0.25, -0.2) is 4.79 Å². The maximum atomic E-state index is 12.0.